The lowest BCUT2D eigenvalue weighted by molar-refractivity contribution is -0.137. The third kappa shape index (κ3) is 3.96. The Morgan fingerprint density at radius 2 is 1.38 bits per heavy atom. The van der Waals surface area contributed by atoms with E-state index in [1.165, 1.54) is 19.1 Å². The molecule has 0 radical (unpaired) electrons. The molecule has 1 N–H and O–H groups in total. The van der Waals surface area contributed by atoms with E-state index in [-0.39, 0.29) is 5.56 Å². The lowest BCUT2D eigenvalue weighted by atomic mass is 9.74. The highest BCUT2D eigenvalue weighted by Gasteiger charge is 2.52. The van der Waals surface area contributed by atoms with Crippen LogP contribution in [0.25, 0.3) is 0 Å². The van der Waals surface area contributed by atoms with Gasteiger partial charge in [0.1, 0.15) is 5.60 Å². The molecule has 0 saturated carbocycles. The normalized spacial score (nSPS) is 20.6. The first-order valence-electron chi connectivity index (χ1n) is 9.52. The molecule has 7 heteroatoms. The molecule has 0 amide bonds. The van der Waals surface area contributed by atoms with Crippen LogP contribution in [0.4, 0.5) is 13.2 Å². The van der Waals surface area contributed by atoms with Crippen molar-refractivity contribution in [2.24, 2.45) is 0 Å². The molecule has 3 rings (SSSR count). The Kier molecular flexibility index (Phi) is 5.17. The summed E-state index contributed by atoms with van der Waals surface area (Å²) in [5.41, 5.74) is -1.01. The molecule has 29 heavy (non-hydrogen) atoms. The maximum Gasteiger partial charge on any atom is 0.495 e. The monoisotopic (exact) mass is 406 g/mol. The number of hydrogen-bond acceptors (Lipinski definition) is 3. The van der Waals surface area contributed by atoms with Gasteiger partial charge in [0.15, 0.2) is 0 Å². The number of halogens is 3. The van der Waals surface area contributed by atoms with Gasteiger partial charge in [0.05, 0.1) is 16.8 Å². The van der Waals surface area contributed by atoms with Crippen LogP contribution >= 0.6 is 0 Å². The van der Waals surface area contributed by atoms with Crippen molar-refractivity contribution in [3.63, 3.8) is 0 Å². The summed E-state index contributed by atoms with van der Waals surface area (Å²) in [5.74, 6) is 0. The summed E-state index contributed by atoms with van der Waals surface area (Å²) in [7, 11) is -0.549. The average molecular weight is 406 g/mol. The summed E-state index contributed by atoms with van der Waals surface area (Å²) in [4.78, 5) is 0. The lowest BCUT2D eigenvalue weighted by Crippen LogP contribution is -2.41. The van der Waals surface area contributed by atoms with Crippen molar-refractivity contribution < 1.29 is 27.6 Å². The molecular formula is C22H26BF3O3. The fraction of sp³-hybridized carbons (Fsp3) is 0.455. The van der Waals surface area contributed by atoms with Crippen LogP contribution in [0.5, 0.6) is 0 Å². The molecule has 0 aromatic heterocycles. The van der Waals surface area contributed by atoms with E-state index in [1.807, 2.05) is 34.6 Å². The van der Waals surface area contributed by atoms with E-state index in [1.54, 1.807) is 18.2 Å². The maximum absolute atomic E-state index is 13.1. The number of aryl methyl sites for hydroxylation is 1. The highest BCUT2D eigenvalue weighted by molar-refractivity contribution is 6.62. The van der Waals surface area contributed by atoms with Gasteiger partial charge in [-0.25, -0.2) is 0 Å². The second kappa shape index (κ2) is 6.86. The zero-order valence-electron chi connectivity index (χ0n) is 17.5. The number of benzene rings is 2. The molecule has 2 aromatic carbocycles. The first-order chi connectivity index (χ1) is 13.1. The predicted octanol–water partition coefficient (Wildman–Crippen LogP) is 4.57. The first kappa shape index (κ1) is 21.9. The Morgan fingerprint density at radius 3 is 1.90 bits per heavy atom. The largest absolute Gasteiger partial charge is 0.495 e. The Hall–Kier alpha value is -1.83. The van der Waals surface area contributed by atoms with Crippen molar-refractivity contribution in [3.8, 4) is 0 Å². The second-order valence-electron chi connectivity index (χ2n) is 8.81. The van der Waals surface area contributed by atoms with Gasteiger partial charge in [0.2, 0.25) is 0 Å². The molecule has 1 aliphatic heterocycles. The van der Waals surface area contributed by atoms with Crippen LogP contribution in [0, 0.1) is 6.92 Å². The Bertz CT molecular complexity index is 904. The Morgan fingerprint density at radius 1 is 0.862 bits per heavy atom. The van der Waals surface area contributed by atoms with E-state index in [2.05, 4.69) is 0 Å². The molecular weight excluding hydrogens is 380 g/mol. The quantitative estimate of drug-likeness (QED) is 0.760. The van der Waals surface area contributed by atoms with Gasteiger partial charge in [-0.1, -0.05) is 35.9 Å². The molecule has 2 aromatic rings. The van der Waals surface area contributed by atoms with Crippen LogP contribution < -0.4 is 5.46 Å². The van der Waals surface area contributed by atoms with Crippen molar-refractivity contribution in [1.29, 1.82) is 0 Å². The summed E-state index contributed by atoms with van der Waals surface area (Å²) < 4.78 is 51.4. The Balaban J connectivity index is 1.94. The minimum Gasteiger partial charge on any atom is -0.399 e. The molecule has 1 saturated heterocycles. The topological polar surface area (TPSA) is 38.7 Å². The van der Waals surface area contributed by atoms with Gasteiger partial charge in [-0.05, 0) is 70.3 Å². The lowest BCUT2D eigenvalue weighted by Gasteiger charge is -2.32. The van der Waals surface area contributed by atoms with Crippen LogP contribution in [0.2, 0.25) is 0 Å². The van der Waals surface area contributed by atoms with Gasteiger partial charge < -0.3 is 14.4 Å². The predicted molar refractivity (Wildman–Crippen MR) is 107 cm³/mol. The molecule has 1 atom stereocenters. The SMILES string of the molecule is Cc1cc(C(C)(O)c2cccc(C(F)(F)F)c2)ccc1B1OC(C)(C)C(C)(C)O1. The van der Waals surface area contributed by atoms with E-state index >= 15 is 0 Å². The molecule has 0 spiro atoms. The third-order valence-corrected chi connectivity index (χ3v) is 6.09. The fourth-order valence-corrected chi connectivity index (χ4v) is 3.38. The number of aliphatic hydroxyl groups is 1. The van der Waals surface area contributed by atoms with E-state index in [0.717, 1.165) is 23.2 Å². The molecule has 3 nitrogen and oxygen atoms in total. The minimum absolute atomic E-state index is 0.176. The van der Waals surface area contributed by atoms with Gasteiger partial charge in [-0.2, -0.15) is 13.2 Å². The van der Waals surface area contributed by atoms with Crippen molar-refractivity contribution in [3.05, 3.63) is 64.7 Å². The molecule has 0 bridgehead atoms. The van der Waals surface area contributed by atoms with Gasteiger partial charge in [0, 0.05) is 0 Å². The molecule has 0 aliphatic carbocycles. The van der Waals surface area contributed by atoms with Crippen LogP contribution in [-0.4, -0.2) is 23.4 Å². The zero-order chi connectivity index (χ0) is 21.8. The van der Waals surface area contributed by atoms with Crippen molar-refractivity contribution in [2.75, 3.05) is 0 Å². The van der Waals surface area contributed by atoms with E-state index in [9.17, 15) is 18.3 Å². The third-order valence-electron chi connectivity index (χ3n) is 6.09. The van der Waals surface area contributed by atoms with Gasteiger partial charge >= 0.3 is 13.3 Å². The maximum atomic E-state index is 13.1. The summed E-state index contributed by atoms with van der Waals surface area (Å²) in [6, 6.07) is 10.0. The summed E-state index contributed by atoms with van der Waals surface area (Å²) in [6.07, 6.45) is -4.47. The standard InChI is InChI=1S/C22H26BF3O3/c1-14-12-16(10-11-18(14)23-28-19(2,3)20(4,5)29-23)21(6,27)15-8-7-9-17(13-15)22(24,25)26/h7-13,27H,1-6H3. The van der Waals surface area contributed by atoms with E-state index < -0.39 is 35.7 Å². The van der Waals surface area contributed by atoms with Gasteiger partial charge in [0.25, 0.3) is 0 Å². The van der Waals surface area contributed by atoms with Crippen LogP contribution in [-0.2, 0) is 21.1 Å². The number of hydrogen-bond donors (Lipinski definition) is 1. The Labute approximate surface area is 170 Å². The summed E-state index contributed by atoms with van der Waals surface area (Å²) in [5, 5.41) is 11.1. The van der Waals surface area contributed by atoms with E-state index in [0.29, 0.717) is 5.56 Å². The van der Waals surface area contributed by atoms with E-state index in [4.69, 9.17) is 9.31 Å². The highest BCUT2D eigenvalue weighted by atomic mass is 19.4. The average Bonchev–Trinajstić information content (AvgIpc) is 2.81. The van der Waals surface area contributed by atoms with Crippen molar-refractivity contribution in [2.45, 2.75) is 64.5 Å². The number of rotatable bonds is 3. The van der Waals surface area contributed by atoms with Crippen LogP contribution in [0.15, 0.2) is 42.5 Å². The summed E-state index contributed by atoms with van der Waals surface area (Å²) >= 11 is 0. The molecule has 1 aliphatic rings. The highest BCUT2D eigenvalue weighted by Crippen LogP contribution is 2.38. The first-order valence-corrected chi connectivity index (χ1v) is 9.52. The molecule has 1 unspecified atom stereocenters. The van der Waals surface area contributed by atoms with Crippen LogP contribution in [0.1, 0.15) is 56.9 Å². The molecule has 1 heterocycles. The fourth-order valence-electron chi connectivity index (χ4n) is 3.38. The van der Waals surface area contributed by atoms with Gasteiger partial charge in [-0.3, -0.25) is 0 Å². The number of alkyl halides is 3. The van der Waals surface area contributed by atoms with Crippen LogP contribution in [0.3, 0.4) is 0 Å². The smallest absolute Gasteiger partial charge is 0.399 e. The van der Waals surface area contributed by atoms with Gasteiger partial charge in [-0.15, -0.1) is 0 Å². The molecule has 1 fully saturated rings. The second-order valence-corrected chi connectivity index (χ2v) is 8.81. The minimum atomic E-state index is -4.47. The summed E-state index contributed by atoms with van der Waals surface area (Å²) in [6.45, 7) is 11.2. The zero-order valence-corrected chi connectivity index (χ0v) is 17.5. The molecule has 156 valence electrons. The van der Waals surface area contributed by atoms with Crippen molar-refractivity contribution in [1.82, 2.24) is 0 Å². The van der Waals surface area contributed by atoms with Crippen molar-refractivity contribution >= 4 is 12.6 Å².